The molecule has 5 heteroatoms. The van der Waals surface area contributed by atoms with E-state index in [1.54, 1.807) is 11.3 Å². The minimum atomic E-state index is 0.0651. The van der Waals surface area contributed by atoms with E-state index in [4.69, 9.17) is 5.73 Å². The van der Waals surface area contributed by atoms with Crippen LogP contribution >= 0.6 is 54.5 Å². The fourth-order valence-electron chi connectivity index (χ4n) is 1.65. The lowest BCUT2D eigenvalue weighted by molar-refractivity contribution is 0.730. The van der Waals surface area contributed by atoms with Crippen LogP contribution in [0.1, 0.15) is 28.3 Å². The molecule has 2 aromatic heterocycles. The fourth-order valence-corrected chi connectivity index (χ4v) is 5.67. The van der Waals surface area contributed by atoms with Crippen LogP contribution in [0.4, 0.5) is 0 Å². The van der Waals surface area contributed by atoms with Gasteiger partial charge in [0.1, 0.15) is 0 Å². The highest BCUT2D eigenvalue weighted by Crippen LogP contribution is 2.36. The molecule has 2 rings (SSSR count). The smallest absolute Gasteiger partial charge is 0.0758 e. The molecule has 0 amide bonds. The van der Waals surface area contributed by atoms with Crippen molar-refractivity contribution in [3.63, 3.8) is 0 Å². The molecule has 0 saturated carbocycles. The Kier molecular flexibility index (Phi) is 4.83. The standard InChI is InChI=1S/C12H13Br2NS2/c1-2-7-3-4-8(16-7)5-10(15)9-6-11(13)17-12(9)14/h3-4,6,10H,2,5,15H2,1H3. The summed E-state index contributed by atoms with van der Waals surface area (Å²) in [5.74, 6) is 0. The highest BCUT2D eigenvalue weighted by atomic mass is 79.9. The Morgan fingerprint density at radius 1 is 1.24 bits per heavy atom. The SMILES string of the molecule is CCc1ccc(CC(N)c2cc(Br)sc2Br)s1. The molecule has 0 aromatic carbocycles. The Morgan fingerprint density at radius 2 is 1.94 bits per heavy atom. The molecule has 0 bridgehead atoms. The first kappa shape index (κ1) is 13.7. The van der Waals surface area contributed by atoms with Gasteiger partial charge in [0.25, 0.3) is 0 Å². The number of hydrogen-bond donors (Lipinski definition) is 1. The molecule has 2 N–H and O–H groups in total. The quantitative estimate of drug-likeness (QED) is 0.763. The van der Waals surface area contributed by atoms with Crippen molar-refractivity contribution in [1.29, 1.82) is 0 Å². The summed E-state index contributed by atoms with van der Waals surface area (Å²) >= 11 is 10.6. The summed E-state index contributed by atoms with van der Waals surface area (Å²) in [6.07, 6.45) is 2.01. The molecular formula is C12H13Br2NS2. The summed E-state index contributed by atoms with van der Waals surface area (Å²) < 4.78 is 2.25. The number of thiophene rings is 2. The van der Waals surface area contributed by atoms with Crippen LogP contribution in [0.15, 0.2) is 25.8 Å². The lowest BCUT2D eigenvalue weighted by Gasteiger charge is -2.09. The van der Waals surface area contributed by atoms with Gasteiger partial charge in [0, 0.05) is 22.2 Å². The summed E-state index contributed by atoms with van der Waals surface area (Å²) in [5, 5.41) is 0. The highest BCUT2D eigenvalue weighted by molar-refractivity contribution is 9.12. The molecular weight excluding hydrogens is 382 g/mol. The maximum absolute atomic E-state index is 6.25. The summed E-state index contributed by atoms with van der Waals surface area (Å²) in [5.41, 5.74) is 7.44. The van der Waals surface area contributed by atoms with Crippen LogP contribution in [0.25, 0.3) is 0 Å². The van der Waals surface area contributed by atoms with Crippen molar-refractivity contribution in [2.75, 3.05) is 0 Å². The van der Waals surface area contributed by atoms with Crippen LogP contribution in [0.3, 0.4) is 0 Å². The average Bonchev–Trinajstić information content (AvgIpc) is 2.85. The lowest BCUT2D eigenvalue weighted by atomic mass is 10.1. The normalized spacial score (nSPS) is 12.9. The lowest BCUT2D eigenvalue weighted by Crippen LogP contribution is -2.12. The largest absolute Gasteiger partial charge is 0.324 e. The zero-order valence-corrected chi connectivity index (χ0v) is 14.2. The van der Waals surface area contributed by atoms with Crippen molar-refractivity contribution in [3.05, 3.63) is 41.1 Å². The van der Waals surface area contributed by atoms with Crippen molar-refractivity contribution in [1.82, 2.24) is 0 Å². The van der Waals surface area contributed by atoms with E-state index in [1.807, 2.05) is 11.3 Å². The van der Waals surface area contributed by atoms with Crippen molar-refractivity contribution < 1.29 is 0 Å². The van der Waals surface area contributed by atoms with E-state index in [0.29, 0.717) is 0 Å². The predicted octanol–water partition coefficient (Wildman–Crippen LogP) is 5.14. The van der Waals surface area contributed by atoms with E-state index >= 15 is 0 Å². The first-order valence-corrected chi connectivity index (χ1v) is 8.60. The third-order valence-electron chi connectivity index (χ3n) is 2.57. The monoisotopic (exact) mass is 393 g/mol. The second-order valence-corrected chi connectivity index (χ2v) is 8.81. The maximum Gasteiger partial charge on any atom is 0.0758 e. The number of halogens is 2. The van der Waals surface area contributed by atoms with E-state index in [-0.39, 0.29) is 6.04 Å². The molecule has 2 aromatic rings. The zero-order valence-electron chi connectivity index (χ0n) is 9.37. The van der Waals surface area contributed by atoms with E-state index in [9.17, 15) is 0 Å². The summed E-state index contributed by atoms with van der Waals surface area (Å²) in [6.45, 7) is 2.18. The predicted molar refractivity (Wildman–Crippen MR) is 84.0 cm³/mol. The molecule has 1 unspecified atom stereocenters. The Morgan fingerprint density at radius 3 is 2.47 bits per heavy atom. The molecule has 0 radical (unpaired) electrons. The van der Waals surface area contributed by atoms with Crippen LogP contribution in [0.5, 0.6) is 0 Å². The molecule has 1 nitrogen and oxygen atoms in total. The minimum Gasteiger partial charge on any atom is -0.324 e. The zero-order chi connectivity index (χ0) is 12.4. The van der Waals surface area contributed by atoms with Gasteiger partial charge < -0.3 is 5.73 Å². The van der Waals surface area contributed by atoms with Crippen molar-refractivity contribution in [3.8, 4) is 0 Å². The van der Waals surface area contributed by atoms with Gasteiger partial charge in [-0.25, -0.2) is 0 Å². The van der Waals surface area contributed by atoms with Crippen LogP contribution in [0, 0.1) is 0 Å². The van der Waals surface area contributed by atoms with Gasteiger partial charge in [-0.15, -0.1) is 22.7 Å². The van der Waals surface area contributed by atoms with Crippen LogP contribution in [-0.4, -0.2) is 0 Å². The van der Waals surface area contributed by atoms with Crippen molar-refractivity contribution in [2.24, 2.45) is 5.73 Å². The van der Waals surface area contributed by atoms with E-state index < -0.39 is 0 Å². The van der Waals surface area contributed by atoms with Gasteiger partial charge in [-0.2, -0.15) is 0 Å². The van der Waals surface area contributed by atoms with E-state index in [1.165, 1.54) is 15.3 Å². The third-order valence-corrected chi connectivity index (χ3v) is 6.21. The van der Waals surface area contributed by atoms with Crippen LogP contribution in [-0.2, 0) is 12.8 Å². The molecule has 0 aliphatic rings. The summed E-state index contributed by atoms with van der Waals surface area (Å²) in [4.78, 5) is 2.79. The van der Waals surface area contributed by atoms with Gasteiger partial charge in [0.2, 0.25) is 0 Å². The number of nitrogens with two attached hydrogens (primary N) is 1. The Bertz CT molecular complexity index is 504. The summed E-state index contributed by atoms with van der Waals surface area (Å²) in [7, 11) is 0. The second kappa shape index (κ2) is 5.97. The molecule has 0 saturated heterocycles. The number of rotatable bonds is 4. The van der Waals surface area contributed by atoms with Gasteiger partial charge in [0.15, 0.2) is 0 Å². The average molecular weight is 395 g/mol. The second-order valence-electron chi connectivity index (χ2n) is 3.81. The van der Waals surface area contributed by atoms with Gasteiger partial charge in [-0.1, -0.05) is 6.92 Å². The third kappa shape index (κ3) is 3.41. The van der Waals surface area contributed by atoms with Gasteiger partial charge in [0.05, 0.1) is 7.57 Å². The molecule has 2 heterocycles. The summed E-state index contributed by atoms with van der Waals surface area (Å²) in [6, 6.07) is 6.56. The first-order chi connectivity index (χ1) is 8.10. The Hall–Kier alpha value is 0.320. The minimum absolute atomic E-state index is 0.0651. The van der Waals surface area contributed by atoms with Gasteiger partial charge in [-0.3, -0.25) is 0 Å². The number of hydrogen-bond acceptors (Lipinski definition) is 3. The number of aryl methyl sites for hydroxylation is 1. The van der Waals surface area contributed by atoms with E-state index in [0.717, 1.165) is 20.4 Å². The maximum atomic E-state index is 6.25. The van der Waals surface area contributed by atoms with Crippen molar-refractivity contribution in [2.45, 2.75) is 25.8 Å². The van der Waals surface area contributed by atoms with Gasteiger partial charge >= 0.3 is 0 Å². The molecule has 0 fully saturated rings. The van der Waals surface area contributed by atoms with Crippen LogP contribution in [0.2, 0.25) is 0 Å². The Balaban J connectivity index is 2.11. The molecule has 17 heavy (non-hydrogen) atoms. The van der Waals surface area contributed by atoms with Crippen LogP contribution < -0.4 is 5.73 Å². The topological polar surface area (TPSA) is 26.0 Å². The molecule has 0 aliphatic heterocycles. The highest BCUT2D eigenvalue weighted by Gasteiger charge is 2.14. The van der Waals surface area contributed by atoms with Gasteiger partial charge in [-0.05, 0) is 62.0 Å². The van der Waals surface area contributed by atoms with E-state index in [2.05, 4.69) is 57.0 Å². The fraction of sp³-hybridized carbons (Fsp3) is 0.333. The van der Waals surface area contributed by atoms with Crippen molar-refractivity contribution >= 4 is 54.5 Å². The Labute approximate surface area is 126 Å². The molecule has 1 atom stereocenters. The molecule has 0 spiro atoms. The molecule has 0 aliphatic carbocycles. The molecule has 92 valence electrons. The first-order valence-electron chi connectivity index (χ1n) is 5.38.